The summed E-state index contributed by atoms with van der Waals surface area (Å²) in [6.07, 6.45) is 3.65. The topological polar surface area (TPSA) is 0 Å². The maximum atomic E-state index is 3.54. The Morgan fingerprint density at radius 3 is 2.12 bits per heavy atom. The smallest absolute Gasteiger partial charge is 0.0812 e. The van der Waals surface area contributed by atoms with E-state index < -0.39 is 0 Å². The third-order valence-corrected chi connectivity index (χ3v) is 5.17. The van der Waals surface area contributed by atoms with Crippen LogP contribution in [0.25, 0.3) is 0 Å². The first-order valence-electron chi connectivity index (χ1n) is 2.52. The van der Waals surface area contributed by atoms with Crippen molar-refractivity contribution in [2.45, 2.75) is 22.5 Å². The molecule has 1 aliphatic rings. The van der Waals surface area contributed by atoms with Crippen LogP contribution in [-0.4, -0.2) is 3.23 Å². The van der Waals surface area contributed by atoms with E-state index in [9.17, 15) is 0 Å². The molecular weight excluding hydrogens is 300 g/mol. The molecule has 1 saturated carbocycles. The van der Waals surface area contributed by atoms with Gasteiger partial charge in [0, 0.05) is 0 Å². The van der Waals surface area contributed by atoms with Crippen LogP contribution >= 0.6 is 47.8 Å². The van der Waals surface area contributed by atoms with E-state index in [2.05, 4.69) is 47.8 Å². The third kappa shape index (κ3) is 1.48. The van der Waals surface area contributed by atoms with Crippen LogP contribution in [-0.2, 0) is 0 Å². The Kier molecular flexibility index (Phi) is 2.44. The summed E-state index contributed by atoms with van der Waals surface area (Å²) in [7, 11) is 0. The molecule has 0 unspecified atom stereocenters. The molecule has 0 heterocycles. The van der Waals surface area contributed by atoms with Crippen LogP contribution in [0.4, 0.5) is 0 Å². The number of hydrogen-bond acceptors (Lipinski definition) is 0. The van der Waals surface area contributed by atoms with E-state index in [-0.39, 0.29) is 3.23 Å². The van der Waals surface area contributed by atoms with Gasteiger partial charge in [-0.3, -0.25) is 0 Å². The second-order valence-corrected chi connectivity index (χ2v) is 6.69. The highest BCUT2D eigenvalue weighted by Crippen LogP contribution is 2.51. The molecule has 1 aliphatic carbocycles. The Hall–Kier alpha value is 1.44. The summed E-state index contributed by atoms with van der Waals surface area (Å²) in [5.41, 5.74) is 0. The van der Waals surface area contributed by atoms with Gasteiger partial charge in [-0.2, -0.15) is 0 Å². The predicted molar refractivity (Wildman–Crippen MR) is 46.6 cm³/mol. The Bertz CT molecular complexity index is 89.7. The van der Waals surface area contributed by atoms with Gasteiger partial charge in [0.2, 0.25) is 0 Å². The molecule has 0 bridgehead atoms. The summed E-state index contributed by atoms with van der Waals surface area (Å²) in [4.78, 5) is 1.34. The van der Waals surface area contributed by atoms with Crippen molar-refractivity contribution in [3.8, 4) is 0 Å². The van der Waals surface area contributed by atoms with Gasteiger partial charge in [0.25, 0.3) is 0 Å². The van der Waals surface area contributed by atoms with Crippen LogP contribution in [0.1, 0.15) is 19.3 Å². The first kappa shape index (κ1) is 7.55. The lowest BCUT2D eigenvalue weighted by Crippen LogP contribution is -2.08. The van der Waals surface area contributed by atoms with Gasteiger partial charge in [-0.25, -0.2) is 0 Å². The van der Waals surface area contributed by atoms with E-state index in [1.54, 1.807) is 0 Å². The first-order valence-corrected chi connectivity index (χ1v) is 4.90. The molecule has 8 heavy (non-hydrogen) atoms. The normalized spacial score (nSPS) is 28.9. The van der Waals surface area contributed by atoms with Crippen molar-refractivity contribution in [1.29, 1.82) is 0 Å². The Morgan fingerprint density at radius 2 is 2.00 bits per heavy atom. The van der Waals surface area contributed by atoms with Gasteiger partial charge in [-0.1, -0.05) is 47.8 Å². The molecular formula is C5H6Br3. The highest BCUT2D eigenvalue weighted by molar-refractivity contribution is 9.26. The van der Waals surface area contributed by atoms with Crippen LogP contribution in [0.5, 0.6) is 0 Å². The molecule has 47 valence electrons. The Morgan fingerprint density at radius 1 is 1.38 bits per heavy atom. The van der Waals surface area contributed by atoms with E-state index in [4.69, 9.17) is 0 Å². The molecule has 3 heteroatoms. The molecule has 1 rings (SSSR count). The van der Waals surface area contributed by atoms with Crippen molar-refractivity contribution in [2.24, 2.45) is 0 Å². The number of alkyl halides is 2. The summed E-state index contributed by atoms with van der Waals surface area (Å²) in [5, 5.41) is 0. The zero-order chi connectivity index (χ0) is 6.20. The van der Waals surface area contributed by atoms with Gasteiger partial charge in [0.05, 0.1) is 8.06 Å². The maximum Gasteiger partial charge on any atom is 0.0972 e. The molecule has 1 fully saturated rings. The van der Waals surface area contributed by atoms with Crippen molar-refractivity contribution in [3.63, 3.8) is 0 Å². The van der Waals surface area contributed by atoms with Crippen molar-refractivity contribution in [1.82, 2.24) is 0 Å². The molecule has 0 atom stereocenters. The molecule has 1 radical (unpaired) electrons. The minimum absolute atomic E-state index is 0.111. The van der Waals surface area contributed by atoms with E-state index >= 15 is 0 Å². The van der Waals surface area contributed by atoms with Crippen LogP contribution in [0.2, 0.25) is 0 Å². The molecule has 0 aromatic carbocycles. The van der Waals surface area contributed by atoms with Crippen molar-refractivity contribution in [2.75, 3.05) is 0 Å². The number of hydrogen-bond donors (Lipinski definition) is 0. The van der Waals surface area contributed by atoms with Crippen molar-refractivity contribution >= 4 is 47.8 Å². The third-order valence-electron chi connectivity index (χ3n) is 1.28. The fourth-order valence-electron chi connectivity index (χ4n) is 0.784. The van der Waals surface area contributed by atoms with E-state index in [1.165, 1.54) is 24.1 Å². The minimum atomic E-state index is 0.111. The van der Waals surface area contributed by atoms with Gasteiger partial charge in [0.15, 0.2) is 0 Å². The van der Waals surface area contributed by atoms with E-state index in [0.717, 1.165) is 0 Å². The van der Waals surface area contributed by atoms with E-state index in [0.29, 0.717) is 0 Å². The molecule has 0 aromatic heterocycles. The minimum Gasteiger partial charge on any atom is -0.0812 e. The average molecular weight is 306 g/mol. The van der Waals surface area contributed by atoms with Crippen LogP contribution in [0, 0.1) is 4.83 Å². The molecule has 0 saturated heterocycles. The van der Waals surface area contributed by atoms with Gasteiger partial charge in [0.1, 0.15) is 0 Å². The number of rotatable bonds is 0. The molecule has 0 aliphatic heterocycles. The van der Waals surface area contributed by atoms with Gasteiger partial charge < -0.3 is 0 Å². The summed E-state index contributed by atoms with van der Waals surface area (Å²) in [6.45, 7) is 0. The maximum absolute atomic E-state index is 3.54. The molecule has 0 spiro atoms. The summed E-state index contributed by atoms with van der Waals surface area (Å²) >= 11 is 10.6. The van der Waals surface area contributed by atoms with Crippen LogP contribution in [0.15, 0.2) is 0 Å². The van der Waals surface area contributed by atoms with Crippen LogP contribution in [0.3, 0.4) is 0 Å². The quantitative estimate of drug-likeness (QED) is 0.600. The monoisotopic (exact) mass is 303 g/mol. The van der Waals surface area contributed by atoms with E-state index in [1.807, 2.05) is 0 Å². The van der Waals surface area contributed by atoms with Crippen LogP contribution < -0.4 is 0 Å². The van der Waals surface area contributed by atoms with Crippen molar-refractivity contribution < 1.29 is 0 Å². The first-order chi connectivity index (χ1) is 3.63. The van der Waals surface area contributed by atoms with Gasteiger partial charge in [-0.15, -0.1) is 0 Å². The lowest BCUT2D eigenvalue weighted by atomic mass is 10.4. The van der Waals surface area contributed by atoms with Gasteiger partial charge in [-0.05, 0) is 19.3 Å². The highest BCUT2D eigenvalue weighted by atomic mass is 79.9. The predicted octanol–water partition coefficient (Wildman–Crippen LogP) is 3.58. The number of halogens is 3. The Balaban J connectivity index is 2.54. The fourth-order valence-corrected chi connectivity index (χ4v) is 2.22. The second kappa shape index (κ2) is 2.59. The Labute approximate surface area is 74.8 Å². The second-order valence-electron chi connectivity index (χ2n) is 1.96. The fraction of sp³-hybridized carbons (Fsp3) is 0.800. The zero-order valence-electron chi connectivity index (χ0n) is 4.26. The molecule has 0 N–H and O–H groups in total. The zero-order valence-corrected chi connectivity index (χ0v) is 9.01. The lowest BCUT2D eigenvalue weighted by molar-refractivity contribution is 0.883. The largest absolute Gasteiger partial charge is 0.0972 e. The summed E-state index contributed by atoms with van der Waals surface area (Å²) in [6, 6.07) is 0. The SMILES string of the molecule is Br[C]1CCCC1(Br)Br. The highest BCUT2D eigenvalue weighted by Gasteiger charge is 2.36. The standard InChI is InChI=1S/C5H6Br3/c6-4-2-1-3-5(4,7)8/h1-3H2. The summed E-state index contributed by atoms with van der Waals surface area (Å²) in [5.74, 6) is 0. The molecule has 0 nitrogen and oxygen atoms in total. The van der Waals surface area contributed by atoms with Crippen molar-refractivity contribution in [3.05, 3.63) is 4.83 Å². The molecule has 0 amide bonds. The summed E-state index contributed by atoms with van der Waals surface area (Å²) < 4.78 is 0.111. The lowest BCUT2D eigenvalue weighted by Gasteiger charge is -2.14. The molecule has 0 aromatic rings. The van der Waals surface area contributed by atoms with Gasteiger partial charge >= 0.3 is 0 Å². The average Bonchev–Trinajstić information content (AvgIpc) is 1.86.